The lowest BCUT2D eigenvalue weighted by Crippen LogP contribution is -2.52. The second-order valence-corrected chi connectivity index (χ2v) is 7.28. The highest BCUT2D eigenvalue weighted by molar-refractivity contribution is 5.96. The lowest BCUT2D eigenvalue weighted by molar-refractivity contribution is -0.168. The molecule has 5 heteroatoms. The van der Waals surface area contributed by atoms with E-state index in [0.29, 0.717) is 12.8 Å². The highest BCUT2D eigenvalue weighted by Gasteiger charge is 2.75. The van der Waals surface area contributed by atoms with Gasteiger partial charge in [-0.1, -0.05) is 43.7 Å². The first kappa shape index (κ1) is 15.7. The van der Waals surface area contributed by atoms with Crippen LogP contribution in [0, 0.1) is 17.8 Å². The number of hydrogen-bond acceptors (Lipinski definition) is 4. The monoisotopic (exact) mass is 314 g/mol. The van der Waals surface area contributed by atoms with Gasteiger partial charge < -0.3 is 4.74 Å². The first-order chi connectivity index (χ1) is 10.7. The fourth-order valence-corrected chi connectivity index (χ4v) is 3.66. The summed E-state index contributed by atoms with van der Waals surface area (Å²) < 4.78 is 5.52. The molecule has 2 bridgehead atoms. The number of fused-ring (bicyclic) bond motifs is 2. The highest BCUT2D eigenvalue weighted by atomic mass is 16.6. The second kappa shape index (κ2) is 4.91. The molecule has 2 aliphatic rings. The van der Waals surface area contributed by atoms with E-state index in [9.17, 15) is 9.59 Å². The Bertz CT molecular complexity index is 693. The molecule has 0 radical (unpaired) electrons. The van der Waals surface area contributed by atoms with Crippen molar-refractivity contribution in [2.45, 2.75) is 46.1 Å². The average Bonchev–Trinajstić information content (AvgIpc) is 2.79. The number of hydrazone groups is 1. The van der Waals surface area contributed by atoms with Crippen LogP contribution in [0.5, 0.6) is 0 Å². The molecule has 1 aromatic rings. The molecule has 1 aliphatic carbocycles. The standard InChI is InChI=1S/C18H22N2O3/c1-12-5-7-13(8-6-12)11-19-20-14(21)18-10-9-17(4,15(22)23-18)16(18,2)3/h5-8,11H,9-10H2,1-4H3,(H,20,21)/b19-11+. The molecule has 1 aromatic carbocycles. The van der Waals surface area contributed by atoms with Crippen LogP contribution < -0.4 is 5.43 Å². The van der Waals surface area contributed by atoms with E-state index in [1.54, 1.807) is 6.21 Å². The van der Waals surface area contributed by atoms with Gasteiger partial charge in [-0.05, 0) is 32.3 Å². The topological polar surface area (TPSA) is 67.8 Å². The third-order valence-electron chi connectivity index (χ3n) is 5.91. The van der Waals surface area contributed by atoms with Crippen LogP contribution in [0.1, 0.15) is 44.7 Å². The van der Waals surface area contributed by atoms with Crippen molar-refractivity contribution < 1.29 is 14.3 Å². The summed E-state index contributed by atoms with van der Waals surface area (Å²) in [5, 5.41) is 4.02. The van der Waals surface area contributed by atoms with Crippen molar-refractivity contribution in [2.75, 3.05) is 0 Å². The van der Waals surface area contributed by atoms with Crippen LogP contribution in [-0.2, 0) is 14.3 Å². The zero-order valence-electron chi connectivity index (χ0n) is 14.0. The molecular weight excluding hydrogens is 292 g/mol. The number of nitrogens with one attached hydrogen (secondary N) is 1. The number of nitrogens with zero attached hydrogens (tertiary/aromatic N) is 1. The minimum Gasteiger partial charge on any atom is -0.448 e. The van der Waals surface area contributed by atoms with Crippen molar-refractivity contribution in [1.29, 1.82) is 0 Å². The lowest BCUT2D eigenvalue weighted by Gasteiger charge is -2.34. The van der Waals surface area contributed by atoms with Gasteiger partial charge in [0.2, 0.25) is 0 Å². The van der Waals surface area contributed by atoms with Gasteiger partial charge in [0.25, 0.3) is 5.91 Å². The number of carbonyl (C=O) groups is 2. The zero-order valence-corrected chi connectivity index (χ0v) is 14.0. The molecule has 0 spiro atoms. The van der Waals surface area contributed by atoms with Gasteiger partial charge in [-0.2, -0.15) is 5.10 Å². The summed E-state index contributed by atoms with van der Waals surface area (Å²) in [6.45, 7) is 7.74. The first-order valence-corrected chi connectivity index (χ1v) is 7.87. The molecule has 2 atom stereocenters. The van der Waals surface area contributed by atoms with E-state index in [-0.39, 0.29) is 11.9 Å². The Hall–Kier alpha value is -2.17. The Labute approximate surface area is 136 Å². The molecule has 3 rings (SSSR count). The number of benzene rings is 1. The number of amides is 1. The van der Waals surface area contributed by atoms with Crippen molar-refractivity contribution in [1.82, 2.24) is 5.43 Å². The third kappa shape index (κ3) is 2.02. The van der Waals surface area contributed by atoms with Crippen molar-refractivity contribution in [3.8, 4) is 0 Å². The summed E-state index contributed by atoms with van der Waals surface area (Å²) in [6, 6.07) is 7.81. The number of rotatable bonds is 3. The maximum atomic E-state index is 12.7. The summed E-state index contributed by atoms with van der Waals surface area (Å²) >= 11 is 0. The molecule has 1 heterocycles. The number of hydrogen-bond donors (Lipinski definition) is 1. The number of ether oxygens (including phenoxy) is 1. The van der Waals surface area contributed by atoms with Gasteiger partial charge in [-0.15, -0.1) is 0 Å². The Morgan fingerprint density at radius 3 is 2.39 bits per heavy atom. The Balaban J connectivity index is 1.76. The summed E-state index contributed by atoms with van der Waals surface area (Å²) in [5.74, 6) is -0.633. The fourth-order valence-electron chi connectivity index (χ4n) is 3.66. The average molecular weight is 314 g/mol. The maximum Gasteiger partial charge on any atom is 0.313 e. The molecule has 1 aliphatic heterocycles. The van der Waals surface area contributed by atoms with Crippen molar-refractivity contribution in [2.24, 2.45) is 15.9 Å². The third-order valence-corrected chi connectivity index (χ3v) is 5.91. The van der Waals surface area contributed by atoms with E-state index in [4.69, 9.17) is 4.74 Å². The van der Waals surface area contributed by atoms with Gasteiger partial charge in [0.15, 0.2) is 5.60 Å². The van der Waals surface area contributed by atoms with Crippen molar-refractivity contribution >= 4 is 18.1 Å². The molecule has 2 unspecified atom stereocenters. The van der Waals surface area contributed by atoms with Gasteiger partial charge in [-0.3, -0.25) is 9.59 Å². The summed E-state index contributed by atoms with van der Waals surface area (Å²) in [6.07, 6.45) is 2.79. The van der Waals surface area contributed by atoms with Crippen molar-refractivity contribution in [3.05, 3.63) is 35.4 Å². The van der Waals surface area contributed by atoms with Crippen LogP contribution in [0.25, 0.3) is 0 Å². The molecule has 2 fully saturated rings. The zero-order chi connectivity index (χ0) is 16.9. The van der Waals surface area contributed by atoms with Gasteiger partial charge in [0.05, 0.1) is 11.6 Å². The van der Waals surface area contributed by atoms with E-state index < -0.39 is 16.4 Å². The van der Waals surface area contributed by atoms with Crippen LogP contribution >= 0.6 is 0 Å². The van der Waals surface area contributed by atoms with Crippen LogP contribution in [0.15, 0.2) is 29.4 Å². The number of carbonyl (C=O) groups excluding carboxylic acids is 2. The molecule has 5 nitrogen and oxygen atoms in total. The first-order valence-electron chi connectivity index (χ1n) is 7.87. The minimum atomic E-state index is -1.12. The van der Waals surface area contributed by atoms with Gasteiger partial charge >= 0.3 is 5.97 Å². The van der Waals surface area contributed by atoms with Crippen LogP contribution in [0.2, 0.25) is 0 Å². The summed E-state index contributed by atoms with van der Waals surface area (Å²) in [5.41, 5.74) is 2.33. The molecular formula is C18H22N2O3. The lowest BCUT2D eigenvalue weighted by atomic mass is 9.66. The predicted octanol–water partition coefficient (Wildman–Crippen LogP) is 2.57. The molecule has 1 amide bonds. The maximum absolute atomic E-state index is 12.7. The molecule has 122 valence electrons. The SMILES string of the molecule is Cc1ccc(/C=N/NC(=O)C23CCC(C)(C(=O)O2)C3(C)C)cc1. The number of esters is 1. The molecule has 23 heavy (non-hydrogen) atoms. The normalized spacial score (nSPS) is 31.4. The molecule has 1 N–H and O–H groups in total. The second-order valence-electron chi connectivity index (χ2n) is 7.28. The largest absolute Gasteiger partial charge is 0.448 e. The van der Waals surface area contributed by atoms with Gasteiger partial charge in [-0.25, -0.2) is 5.43 Å². The Morgan fingerprint density at radius 1 is 1.22 bits per heavy atom. The van der Waals surface area contributed by atoms with Gasteiger partial charge in [0, 0.05) is 5.41 Å². The quantitative estimate of drug-likeness (QED) is 0.530. The smallest absolute Gasteiger partial charge is 0.313 e. The molecule has 0 aromatic heterocycles. The van der Waals surface area contributed by atoms with E-state index in [2.05, 4.69) is 10.5 Å². The van der Waals surface area contributed by atoms with Crippen LogP contribution in [0.3, 0.4) is 0 Å². The van der Waals surface area contributed by atoms with E-state index in [1.807, 2.05) is 52.0 Å². The summed E-state index contributed by atoms with van der Waals surface area (Å²) in [7, 11) is 0. The minimum absolute atomic E-state index is 0.286. The number of aryl methyl sites for hydroxylation is 1. The molecule has 1 saturated heterocycles. The van der Waals surface area contributed by atoms with E-state index in [1.165, 1.54) is 0 Å². The fraction of sp³-hybridized carbons (Fsp3) is 0.500. The van der Waals surface area contributed by atoms with Crippen molar-refractivity contribution in [3.63, 3.8) is 0 Å². The summed E-state index contributed by atoms with van der Waals surface area (Å²) in [4.78, 5) is 24.8. The molecule has 1 saturated carbocycles. The van der Waals surface area contributed by atoms with Crippen LogP contribution in [0.4, 0.5) is 0 Å². The van der Waals surface area contributed by atoms with E-state index >= 15 is 0 Å². The Morgan fingerprint density at radius 2 is 1.87 bits per heavy atom. The van der Waals surface area contributed by atoms with E-state index in [0.717, 1.165) is 11.1 Å². The van der Waals surface area contributed by atoms with Gasteiger partial charge in [0.1, 0.15) is 0 Å². The van der Waals surface area contributed by atoms with Crippen LogP contribution in [-0.4, -0.2) is 23.7 Å². The highest BCUT2D eigenvalue weighted by Crippen LogP contribution is 2.65. The Kier molecular flexibility index (Phi) is 3.36. The predicted molar refractivity (Wildman–Crippen MR) is 86.9 cm³/mol.